The lowest BCUT2D eigenvalue weighted by Gasteiger charge is -2.20. The summed E-state index contributed by atoms with van der Waals surface area (Å²) in [4.78, 5) is 22.8. The van der Waals surface area contributed by atoms with Crippen molar-refractivity contribution >= 4 is 11.8 Å². The third kappa shape index (κ3) is 3.52. The molecule has 1 heterocycles. The molecule has 0 radical (unpaired) electrons. The van der Waals surface area contributed by atoms with Crippen LogP contribution in [0.15, 0.2) is 6.20 Å². The Morgan fingerprint density at radius 3 is 2.72 bits per heavy atom. The number of nitrogens with one attached hydrogen (secondary N) is 1. The molecule has 1 rings (SSSR count). The molecular formula is C10H18N6O2. The van der Waals surface area contributed by atoms with Gasteiger partial charge in [-0.1, -0.05) is 5.21 Å². The first kappa shape index (κ1) is 14.1. The zero-order valence-electron chi connectivity index (χ0n) is 10.5. The Hall–Kier alpha value is -1.96. The standard InChI is InChI=1S/C10H18N6O2/c1-10(2,9(12)18)6-13-8(17)7-5-16(4-3-11)15-14-7/h5H,3-4,6,11H2,1-2H3,(H2,12,18)(H,13,17). The normalized spacial score (nSPS) is 11.3. The Labute approximate surface area is 105 Å². The van der Waals surface area contributed by atoms with E-state index in [9.17, 15) is 9.59 Å². The molecular weight excluding hydrogens is 236 g/mol. The Morgan fingerprint density at radius 2 is 2.17 bits per heavy atom. The molecule has 0 bridgehead atoms. The van der Waals surface area contributed by atoms with E-state index in [1.807, 2.05) is 0 Å². The fourth-order valence-corrected chi connectivity index (χ4v) is 1.12. The van der Waals surface area contributed by atoms with Crippen molar-refractivity contribution in [3.05, 3.63) is 11.9 Å². The van der Waals surface area contributed by atoms with Crippen LogP contribution in [0.25, 0.3) is 0 Å². The molecule has 2 amide bonds. The molecule has 1 aromatic rings. The van der Waals surface area contributed by atoms with Crippen molar-refractivity contribution in [1.82, 2.24) is 20.3 Å². The molecule has 0 fully saturated rings. The summed E-state index contributed by atoms with van der Waals surface area (Å²) in [6, 6.07) is 0. The minimum Gasteiger partial charge on any atom is -0.369 e. The van der Waals surface area contributed by atoms with E-state index in [1.165, 1.54) is 10.9 Å². The Morgan fingerprint density at radius 1 is 1.50 bits per heavy atom. The molecule has 0 aromatic carbocycles. The largest absolute Gasteiger partial charge is 0.369 e. The highest BCUT2D eigenvalue weighted by Crippen LogP contribution is 2.11. The van der Waals surface area contributed by atoms with Crippen LogP contribution in [0.3, 0.4) is 0 Å². The fraction of sp³-hybridized carbons (Fsp3) is 0.600. The number of carbonyl (C=O) groups is 2. The number of rotatable bonds is 6. The second kappa shape index (κ2) is 5.58. The van der Waals surface area contributed by atoms with Gasteiger partial charge in [-0.15, -0.1) is 5.10 Å². The van der Waals surface area contributed by atoms with E-state index in [2.05, 4.69) is 15.6 Å². The molecule has 5 N–H and O–H groups in total. The van der Waals surface area contributed by atoms with Gasteiger partial charge in [-0.05, 0) is 13.8 Å². The molecule has 8 nitrogen and oxygen atoms in total. The summed E-state index contributed by atoms with van der Waals surface area (Å²) in [5, 5.41) is 10.0. The van der Waals surface area contributed by atoms with Gasteiger partial charge >= 0.3 is 0 Å². The maximum absolute atomic E-state index is 11.7. The van der Waals surface area contributed by atoms with Gasteiger partial charge in [0, 0.05) is 13.1 Å². The van der Waals surface area contributed by atoms with E-state index < -0.39 is 17.2 Å². The predicted molar refractivity (Wildman–Crippen MR) is 64.4 cm³/mol. The zero-order chi connectivity index (χ0) is 13.8. The van der Waals surface area contributed by atoms with Gasteiger partial charge < -0.3 is 16.8 Å². The SMILES string of the molecule is CC(C)(CNC(=O)c1cn(CCN)nn1)C(N)=O. The highest BCUT2D eigenvalue weighted by atomic mass is 16.2. The molecule has 0 spiro atoms. The number of hydrogen-bond acceptors (Lipinski definition) is 5. The van der Waals surface area contributed by atoms with E-state index in [0.29, 0.717) is 13.1 Å². The summed E-state index contributed by atoms with van der Waals surface area (Å²) in [6.45, 7) is 4.36. The lowest BCUT2D eigenvalue weighted by atomic mass is 9.93. The predicted octanol–water partition coefficient (Wildman–Crippen LogP) is -1.52. The number of nitrogens with two attached hydrogens (primary N) is 2. The Kier molecular flexibility index (Phi) is 4.38. The van der Waals surface area contributed by atoms with Crippen LogP contribution < -0.4 is 16.8 Å². The first-order valence-electron chi connectivity index (χ1n) is 5.55. The van der Waals surface area contributed by atoms with Crippen molar-refractivity contribution in [3.63, 3.8) is 0 Å². The lowest BCUT2D eigenvalue weighted by Crippen LogP contribution is -2.42. The van der Waals surface area contributed by atoms with Gasteiger partial charge in [0.1, 0.15) is 0 Å². The minimum absolute atomic E-state index is 0.144. The highest BCUT2D eigenvalue weighted by Gasteiger charge is 2.26. The molecule has 100 valence electrons. The molecule has 0 saturated heterocycles. The number of primary amides is 1. The summed E-state index contributed by atoms with van der Waals surface area (Å²) in [6.07, 6.45) is 1.50. The third-order valence-electron chi connectivity index (χ3n) is 2.49. The summed E-state index contributed by atoms with van der Waals surface area (Å²) in [5.74, 6) is -0.873. The number of carbonyl (C=O) groups excluding carboxylic acids is 2. The summed E-state index contributed by atoms with van der Waals surface area (Å²) in [7, 11) is 0. The third-order valence-corrected chi connectivity index (χ3v) is 2.49. The van der Waals surface area contributed by atoms with E-state index in [-0.39, 0.29) is 12.2 Å². The van der Waals surface area contributed by atoms with E-state index in [4.69, 9.17) is 11.5 Å². The quantitative estimate of drug-likeness (QED) is 0.567. The van der Waals surface area contributed by atoms with E-state index in [1.54, 1.807) is 13.8 Å². The molecule has 0 aliphatic heterocycles. The van der Waals surface area contributed by atoms with Crippen molar-refractivity contribution in [1.29, 1.82) is 0 Å². The van der Waals surface area contributed by atoms with Crippen LogP contribution >= 0.6 is 0 Å². The van der Waals surface area contributed by atoms with Gasteiger partial charge in [0.05, 0.1) is 18.2 Å². The summed E-state index contributed by atoms with van der Waals surface area (Å²) in [5.41, 5.74) is 9.94. The topological polar surface area (TPSA) is 129 Å². The maximum atomic E-state index is 11.7. The maximum Gasteiger partial charge on any atom is 0.273 e. The number of aromatic nitrogens is 3. The summed E-state index contributed by atoms with van der Waals surface area (Å²) >= 11 is 0. The summed E-state index contributed by atoms with van der Waals surface area (Å²) < 4.78 is 1.48. The van der Waals surface area contributed by atoms with Crippen LogP contribution in [0, 0.1) is 5.41 Å². The van der Waals surface area contributed by atoms with Crippen molar-refractivity contribution in [3.8, 4) is 0 Å². The average Bonchev–Trinajstić information content (AvgIpc) is 2.75. The van der Waals surface area contributed by atoms with Crippen molar-refractivity contribution in [2.45, 2.75) is 20.4 Å². The first-order chi connectivity index (χ1) is 8.36. The van der Waals surface area contributed by atoms with Crippen molar-refractivity contribution in [2.75, 3.05) is 13.1 Å². The lowest BCUT2D eigenvalue weighted by molar-refractivity contribution is -0.125. The van der Waals surface area contributed by atoms with E-state index in [0.717, 1.165) is 0 Å². The second-order valence-electron chi connectivity index (χ2n) is 4.59. The van der Waals surface area contributed by atoms with Crippen LogP contribution in [0.2, 0.25) is 0 Å². The van der Waals surface area contributed by atoms with Crippen LogP contribution in [-0.2, 0) is 11.3 Å². The Balaban J connectivity index is 2.57. The van der Waals surface area contributed by atoms with Crippen LogP contribution in [-0.4, -0.2) is 39.9 Å². The molecule has 0 atom stereocenters. The molecule has 0 aliphatic rings. The monoisotopic (exact) mass is 254 g/mol. The fourth-order valence-electron chi connectivity index (χ4n) is 1.12. The smallest absolute Gasteiger partial charge is 0.273 e. The first-order valence-corrected chi connectivity index (χ1v) is 5.55. The van der Waals surface area contributed by atoms with Gasteiger partial charge in [-0.25, -0.2) is 0 Å². The molecule has 1 aromatic heterocycles. The van der Waals surface area contributed by atoms with E-state index >= 15 is 0 Å². The molecule has 18 heavy (non-hydrogen) atoms. The number of hydrogen-bond donors (Lipinski definition) is 3. The van der Waals surface area contributed by atoms with Gasteiger partial charge in [0.15, 0.2) is 5.69 Å². The van der Waals surface area contributed by atoms with Crippen molar-refractivity contribution < 1.29 is 9.59 Å². The van der Waals surface area contributed by atoms with Gasteiger partial charge in [0.25, 0.3) is 5.91 Å². The molecule has 8 heteroatoms. The van der Waals surface area contributed by atoms with Gasteiger partial charge in [0.2, 0.25) is 5.91 Å². The number of amides is 2. The molecule has 0 unspecified atom stereocenters. The minimum atomic E-state index is -0.803. The zero-order valence-corrected chi connectivity index (χ0v) is 10.5. The highest BCUT2D eigenvalue weighted by molar-refractivity contribution is 5.92. The molecule has 0 aliphatic carbocycles. The van der Waals surface area contributed by atoms with Crippen molar-refractivity contribution in [2.24, 2.45) is 16.9 Å². The Bertz CT molecular complexity index is 439. The second-order valence-corrected chi connectivity index (χ2v) is 4.59. The van der Waals surface area contributed by atoms with Crippen LogP contribution in [0.4, 0.5) is 0 Å². The van der Waals surface area contributed by atoms with Crippen LogP contribution in [0.5, 0.6) is 0 Å². The van der Waals surface area contributed by atoms with Crippen LogP contribution in [0.1, 0.15) is 24.3 Å². The number of nitrogens with zero attached hydrogens (tertiary/aromatic N) is 3. The van der Waals surface area contributed by atoms with Gasteiger partial charge in [-0.3, -0.25) is 14.3 Å². The average molecular weight is 254 g/mol. The van der Waals surface area contributed by atoms with Gasteiger partial charge in [-0.2, -0.15) is 0 Å². The molecule has 0 saturated carbocycles.